The predicted octanol–water partition coefficient (Wildman–Crippen LogP) is 4.44. The quantitative estimate of drug-likeness (QED) is 0.584. The lowest BCUT2D eigenvalue weighted by atomic mass is 10.1. The Morgan fingerprint density at radius 3 is 2.41 bits per heavy atom. The van der Waals surface area contributed by atoms with Gasteiger partial charge in [-0.3, -0.25) is 4.79 Å². The number of carbonyl (C=O) groups is 1. The van der Waals surface area contributed by atoms with Gasteiger partial charge >= 0.3 is 0 Å². The number of nitrogens with zero attached hydrogens (tertiary/aromatic N) is 2. The molecule has 0 unspecified atom stereocenters. The van der Waals surface area contributed by atoms with Crippen LogP contribution in [-0.2, 0) is 6.54 Å². The summed E-state index contributed by atoms with van der Waals surface area (Å²) in [7, 11) is 0. The molecule has 0 aliphatic carbocycles. The lowest BCUT2D eigenvalue weighted by Gasteiger charge is -2.12. The molecule has 22 heavy (non-hydrogen) atoms. The number of ketones is 1. The van der Waals surface area contributed by atoms with Crippen LogP contribution in [0.25, 0.3) is 0 Å². The average molecular weight is 316 g/mol. The third-order valence-corrected chi connectivity index (χ3v) is 4.65. The molecule has 0 fully saturated rings. The number of benzene rings is 1. The van der Waals surface area contributed by atoms with Crippen LogP contribution in [0, 0.1) is 26.7 Å². The maximum Gasteiger partial charge on any atom is 0.173 e. The first-order valence-corrected chi connectivity index (χ1v) is 8.63. The molecule has 0 saturated carbocycles. The number of hydrogen-bond acceptors (Lipinski definition) is 3. The lowest BCUT2D eigenvalue weighted by molar-refractivity contribution is 0.102. The zero-order valence-corrected chi connectivity index (χ0v) is 14.8. The summed E-state index contributed by atoms with van der Waals surface area (Å²) < 4.78 is 2.23. The number of carbonyl (C=O) groups excluding carboxylic acids is 1. The second-order valence-corrected chi connectivity index (χ2v) is 7.09. The van der Waals surface area contributed by atoms with Crippen molar-refractivity contribution >= 4 is 17.5 Å². The summed E-state index contributed by atoms with van der Waals surface area (Å²) in [5.74, 6) is 1.13. The highest BCUT2D eigenvalue weighted by Crippen LogP contribution is 2.23. The number of imidazole rings is 1. The highest BCUT2D eigenvalue weighted by Gasteiger charge is 2.15. The zero-order valence-electron chi connectivity index (χ0n) is 14.0. The molecule has 0 aliphatic rings. The van der Waals surface area contributed by atoms with Gasteiger partial charge in [0.25, 0.3) is 0 Å². The molecule has 0 bridgehead atoms. The average Bonchev–Trinajstić information content (AvgIpc) is 2.73. The Hall–Kier alpha value is -1.55. The molecule has 3 nitrogen and oxygen atoms in total. The second kappa shape index (κ2) is 7.14. The maximum atomic E-state index is 12.3. The Bertz CT molecular complexity index is 656. The van der Waals surface area contributed by atoms with Gasteiger partial charge in [0.2, 0.25) is 0 Å². The Kier molecular flexibility index (Phi) is 5.46. The molecule has 0 atom stereocenters. The van der Waals surface area contributed by atoms with Gasteiger partial charge in [0.1, 0.15) is 0 Å². The van der Waals surface area contributed by atoms with Crippen molar-refractivity contribution in [2.24, 2.45) is 5.92 Å². The topological polar surface area (TPSA) is 34.9 Å². The first kappa shape index (κ1) is 16.8. The van der Waals surface area contributed by atoms with Crippen molar-refractivity contribution in [2.75, 3.05) is 5.75 Å². The monoisotopic (exact) mass is 316 g/mol. The molecule has 1 aromatic heterocycles. The van der Waals surface area contributed by atoms with Gasteiger partial charge in [0.15, 0.2) is 10.9 Å². The minimum Gasteiger partial charge on any atom is -0.323 e. The molecule has 0 spiro atoms. The van der Waals surface area contributed by atoms with E-state index in [0.717, 1.165) is 23.0 Å². The first-order valence-electron chi connectivity index (χ1n) is 7.65. The van der Waals surface area contributed by atoms with Crippen molar-refractivity contribution in [1.82, 2.24) is 9.55 Å². The van der Waals surface area contributed by atoms with E-state index in [1.807, 2.05) is 38.1 Å². The van der Waals surface area contributed by atoms with Crippen LogP contribution in [0.3, 0.4) is 0 Å². The van der Waals surface area contributed by atoms with E-state index in [-0.39, 0.29) is 5.78 Å². The molecule has 2 aromatic rings. The van der Waals surface area contributed by atoms with E-state index in [1.54, 1.807) is 0 Å². The van der Waals surface area contributed by atoms with E-state index in [1.165, 1.54) is 23.0 Å². The summed E-state index contributed by atoms with van der Waals surface area (Å²) >= 11 is 1.53. The molecular weight excluding hydrogens is 292 g/mol. The van der Waals surface area contributed by atoms with E-state index in [0.29, 0.717) is 11.7 Å². The molecule has 0 aliphatic heterocycles. The predicted molar refractivity (Wildman–Crippen MR) is 92.8 cm³/mol. The molecule has 4 heteroatoms. The lowest BCUT2D eigenvalue weighted by Crippen LogP contribution is -2.09. The number of rotatable bonds is 6. The van der Waals surface area contributed by atoms with Crippen molar-refractivity contribution in [3.8, 4) is 0 Å². The van der Waals surface area contributed by atoms with Crippen LogP contribution >= 0.6 is 11.8 Å². The summed E-state index contributed by atoms with van der Waals surface area (Å²) in [6, 6.07) is 7.75. The van der Waals surface area contributed by atoms with Gasteiger partial charge in [-0.1, -0.05) is 55.4 Å². The summed E-state index contributed by atoms with van der Waals surface area (Å²) in [6.45, 7) is 11.5. The first-order chi connectivity index (χ1) is 10.4. The Labute approximate surface area is 137 Å². The molecular formula is C18H24N2OS. The Morgan fingerprint density at radius 2 is 1.82 bits per heavy atom. The van der Waals surface area contributed by atoms with Crippen LogP contribution in [0.4, 0.5) is 0 Å². The molecule has 1 aromatic carbocycles. The number of thioether (sulfide) groups is 1. The van der Waals surface area contributed by atoms with Crippen LogP contribution in [0.1, 0.15) is 41.2 Å². The van der Waals surface area contributed by atoms with Crippen LogP contribution in [0.5, 0.6) is 0 Å². The van der Waals surface area contributed by atoms with E-state index in [4.69, 9.17) is 0 Å². The number of hydrogen-bond donors (Lipinski definition) is 0. The van der Waals surface area contributed by atoms with Gasteiger partial charge in [-0.15, -0.1) is 0 Å². The Morgan fingerprint density at radius 1 is 1.18 bits per heavy atom. The molecule has 0 saturated heterocycles. The fraction of sp³-hybridized carbons (Fsp3) is 0.444. The smallest absolute Gasteiger partial charge is 0.173 e. The standard InChI is InChI=1S/C18H24N2OS/c1-12(2)10-20-15(5)14(4)19-18(20)22-11-17(21)16-8-6-13(3)7-9-16/h6-9,12H,10-11H2,1-5H3. The molecule has 118 valence electrons. The van der Waals surface area contributed by atoms with Gasteiger partial charge in [-0.05, 0) is 26.7 Å². The summed E-state index contributed by atoms with van der Waals surface area (Å²) in [5.41, 5.74) is 4.18. The van der Waals surface area contributed by atoms with Crippen LogP contribution < -0.4 is 0 Å². The van der Waals surface area contributed by atoms with Crippen molar-refractivity contribution < 1.29 is 4.79 Å². The third-order valence-electron chi connectivity index (χ3n) is 3.68. The molecule has 1 heterocycles. The van der Waals surface area contributed by atoms with Gasteiger partial charge in [-0.2, -0.15) is 0 Å². The second-order valence-electron chi connectivity index (χ2n) is 6.15. The number of Topliss-reactive ketones (excluding diaryl/α,β-unsaturated/α-hetero) is 1. The van der Waals surface area contributed by atoms with Crippen LogP contribution in [-0.4, -0.2) is 21.1 Å². The molecule has 0 amide bonds. The zero-order chi connectivity index (χ0) is 16.3. The highest BCUT2D eigenvalue weighted by atomic mass is 32.2. The maximum absolute atomic E-state index is 12.3. The van der Waals surface area contributed by atoms with E-state index < -0.39 is 0 Å². The highest BCUT2D eigenvalue weighted by molar-refractivity contribution is 7.99. The molecule has 0 radical (unpaired) electrons. The van der Waals surface area contributed by atoms with Crippen molar-refractivity contribution in [2.45, 2.75) is 46.3 Å². The summed E-state index contributed by atoms with van der Waals surface area (Å²) in [4.78, 5) is 16.9. The summed E-state index contributed by atoms with van der Waals surface area (Å²) in [6.07, 6.45) is 0. The van der Waals surface area contributed by atoms with Crippen molar-refractivity contribution in [3.05, 3.63) is 46.8 Å². The SMILES string of the molecule is Cc1ccc(C(=O)CSc2nc(C)c(C)n2CC(C)C)cc1. The fourth-order valence-corrected chi connectivity index (χ4v) is 3.26. The number of aromatic nitrogens is 2. The van der Waals surface area contributed by atoms with E-state index >= 15 is 0 Å². The minimum atomic E-state index is 0.152. The van der Waals surface area contributed by atoms with Gasteiger partial charge in [-0.25, -0.2) is 4.98 Å². The van der Waals surface area contributed by atoms with E-state index in [9.17, 15) is 4.79 Å². The van der Waals surface area contributed by atoms with Crippen molar-refractivity contribution in [1.29, 1.82) is 0 Å². The van der Waals surface area contributed by atoms with Gasteiger partial charge in [0, 0.05) is 17.8 Å². The summed E-state index contributed by atoms with van der Waals surface area (Å²) in [5, 5.41) is 0.948. The number of aryl methyl sites for hydroxylation is 2. The minimum absolute atomic E-state index is 0.152. The third kappa shape index (κ3) is 4.01. The Balaban J connectivity index is 2.09. The van der Waals surface area contributed by atoms with Crippen LogP contribution in [0.15, 0.2) is 29.4 Å². The van der Waals surface area contributed by atoms with E-state index in [2.05, 4.69) is 30.3 Å². The molecule has 0 N–H and O–H groups in total. The van der Waals surface area contributed by atoms with Crippen molar-refractivity contribution in [3.63, 3.8) is 0 Å². The normalized spacial score (nSPS) is 11.2. The largest absolute Gasteiger partial charge is 0.323 e. The van der Waals surface area contributed by atoms with Gasteiger partial charge < -0.3 is 4.57 Å². The molecule has 2 rings (SSSR count). The fourth-order valence-electron chi connectivity index (χ4n) is 2.27. The van der Waals surface area contributed by atoms with Crippen LogP contribution in [0.2, 0.25) is 0 Å². The van der Waals surface area contributed by atoms with Gasteiger partial charge in [0.05, 0.1) is 11.4 Å².